The highest BCUT2D eigenvalue weighted by Gasteiger charge is 2.27. The number of ketones is 1. The van der Waals surface area contributed by atoms with E-state index in [2.05, 4.69) is 15.5 Å². The second kappa shape index (κ2) is 12.0. The molecule has 1 heterocycles. The number of carbonyl (C=O) groups is 3. The van der Waals surface area contributed by atoms with Crippen LogP contribution in [0, 0.1) is 0 Å². The number of primary amides is 1. The van der Waals surface area contributed by atoms with Gasteiger partial charge in [0.1, 0.15) is 0 Å². The number of hydrogen-bond donors (Lipinski definition) is 2. The fourth-order valence-corrected chi connectivity index (χ4v) is 4.67. The lowest BCUT2D eigenvalue weighted by Crippen LogP contribution is -2.41. The van der Waals surface area contributed by atoms with E-state index in [4.69, 9.17) is 10.2 Å². The van der Waals surface area contributed by atoms with Crippen LogP contribution in [0.25, 0.3) is 11.5 Å². The summed E-state index contributed by atoms with van der Waals surface area (Å²) < 4.78 is 30.3. The lowest BCUT2D eigenvalue weighted by atomic mass is 10.0. The molecule has 3 rings (SSSR count). The Balaban J connectivity index is 1.65. The first-order valence-electron chi connectivity index (χ1n) is 11.0. The molecule has 1 aromatic heterocycles. The molecule has 0 saturated carbocycles. The van der Waals surface area contributed by atoms with Gasteiger partial charge in [-0.25, -0.2) is 8.42 Å². The number of aromatic nitrogens is 2. The normalized spacial score (nSPS) is 12.1. The van der Waals surface area contributed by atoms with Crippen LogP contribution < -0.4 is 11.1 Å². The van der Waals surface area contributed by atoms with Crippen molar-refractivity contribution in [2.75, 3.05) is 5.75 Å². The van der Waals surface area contributed by atoms with Gasteiger partial charge in [-0.05, 0) is 30.5 Å². The summed E-state index contributed by atoms with van der Waals surface area (Å²) in [6.07, 6.45) is 0.0173. The number of Topliss-reactive ketones (excluding diaryl/α,β-unsaturated/α-hetero) is 1. The van der Waals surface area contributed by atoms with Gasteiger partial charge >= 0.3 is 0 Å². The average Bonchev–Trinajstić information content (AvgIpc) is 3.33. The van der Waals surface area contributed by atoms with Gasteiger partial charge in [0, 0.05) is 18.4 Å². The largest absolute Gasteiger partial charge is 0.414 e. The predicted molar refractivity (Wildman–Crippen MR) is 128 cm³/mol. The van der Waals surface area contributed by atoms with Gasteiger partial charge in [-0.2, -0.15) is 0 Å². The van der Waals surface area contributed by atoms with Crippen molar-refractivity contribution in [3.8, 4) is 11.5 Å². The summed E-state index contributed by atoms with van der Waals surface area (Å²) in [5, 5.41) is 10.2. The SMILES string of the molecule is NC(=O)CCCC(NC(=O)CCS(=O)(=O)Cc1ccccc1)C(=O)c1nnc(-c2ccccc2)o1. The molecule has 10 nitrogen and oxygen atoms in total. The molecule has 3 aromatic rings. The van der Waals surface area contributed by atoms with E-state index >= 15 is 0 Å². The number of benzene rings is 2. The van der Waals surface area contributed by atoms with Gasteiger partial charge in [0.25, 0.3) is 5.89 Å². The summed E-state index contributed by atoms with van der Waals surface area (Å²) >= 11 is 0. The van der Waals surface area contributed by atoms with E-state index in [0.29, 0.717) is 11.1 Å². The number of nitrogens with zero attached hydrogens (tertiary/aromatic N) is 2. The first-order chi connectivity index (χ1) is 16.7. The van der Waals surface area contributed by atoms with Crippen molar-refractivity contribution >= 4 is 27.4 Å². The summed E-state index contributed by atoms with van der Waals surface area (Å²) in [5.41, 5.74) is 6.42. The number of amides is 2. The average molecular weight is 499 g/mol. The van der Waals surface area contributed by atoms with Gasteiger partial charge in [-0.15, -0.1) is 10.2 Å². The van der Waals surface area contributed by atoms with E-state index in [-0.39, 0.29) is 49.0 Å². The topological polar surface area (TPSA) is 162 Å². The van der Waals surface area contributed by atoms with Crippen LogP contribution in [0.4, 0.5) is 0 Å². The molecule has 2 amide bonds. The van der Waals surface area contributed by atoms with Crippen LogP contribution in [0.3, 0.4) is 0 Å². The highest BCUT2D eigenvalue weighted by Crippen LogP contribution is 2.18. The zero-order chi connectivity index (χ0) is 25.3. The Kier molecular flexibility index (Phi) is 8.85. The van der Waals surface area contributed by atoms with Crippen molar-refractivity contribution < 1.29 is 27.2 Å². The van der Waals surface area contributed by atoms with Crippen LogP contribution in [-0.2, 0) is 25.2 Å². The number of nitrogens with one attached hydrogen (secondary N) is 1. The lowest BCUT2D eigenvalue weighted by molar-refractivity contribution is -0.121. The third-order valence-electron chi connectivity index (χ3n) is 5.09. The summed E-state index contributed by atoms with van der Waals surface area (Å²) in [7, 11) is -3.54. The van der Waals surface area contributed by atoms with E-state index < -0.39 is 33.5 Å². The fraction of sp³-hybridized carbons (Fsp3) is 0.292. The third-order valence-corrected chi connectivity index (χ3v) is 6.69. The minimum Gasteiger partial charge on any atom is -0.414 e. The number of rotatable bonds is 13. The van der Waals surface area contributed by atoms with Crippen LogP contribution in [0.1, 0.15) is 41.9 Å². The molecule has 0 aliphatic carbocycles. The first-order valence-corrected chi connectivity index (χ1v) is 12.8. The summed E-state index contributed by atoms with van der Waals surface area (Å²) in [6, 6.07) is 16.4. The van der Waals surface area contributed by atoms with Crippen molar-refractivity contribution in [3.05, 3.63) is 72.1 Å². The summed E-state index contributed by atoms with van der Waals surface area (Å²) in [4.78, 5) is 36.6. The Labute approximate surface area is 202 Å². The molecule has 0 radical (unpaired) electrons. The van der Waals surface area contributed by atoms with E-state index in [1.165, 1.54) is 0 Å². The Morgan fingerprint density at radius 2 is 1.60 bits per heavy atom. The zero-order valence-corrected chi connectivity index (χ0v) is 19.7. The minimum absolute atomic E-state index is 0.0181. The zero-order valence-electron chi connectivity index (χ0n) is 18.9. The van der Waals surface area contributed by atoms with E-state index in [1.807, 2.05) is 6.07 Å². The van der Waals surface area contributed by atoms with Gasteiger partial charge in [0.2, 0.25) is 23.5 Å². The van der Waals surface area contributed by atoms with Gasteiger partial charge in [0.15, 0.2) is 9.84 Å². The molecule has 2 aromatic carbocycles. The summed E-state index contributed by atoms with van der Waals surface area (Å²) in [5.74, 6) is -2.53. The molecule has 3 N–H and O–H groups in total. The molecule has 0 aliphatic heterocycles. The van der Waals surface area contributed by atoms with Crippen LogP contribution in [0.2, 0.25) is 0 Å². The maximum Gasteiger partial charge on any atom is 0.286 e. The number of sulfone groups is 1. The predicted octanol–water partition coefficient (Wildman–Crippen LogP) is 2.06. The molecule has 0 spiro atoms. The minimum atomic E-state index is -3.54. The molecule has 0 aliphatic rings. The molecule has 11 heteroatoms. The van der Waals surface area contributed by atoms with E-state index in [1.54, 1.807) is 54.6 Å². The molecular weight excluding hydrogens is 472 g/mol. The van der Waals surface area contributed by atoms with Crippen molar-refractivity contribution in [2.24, 2.45) is 5.73 Å². The quantitative estimate of drug-likeness (QED) is 0.338. The van der Waals surface area contributed by atoms with Crippen LogP contribution in [0.5, 0.6) is 0 Å². The third kappa shape index (κ3) is 8.14. The second-order valence-corrected chi connectivity index (χ2v) is 10.1. The van der Waals surface area contributed by atoms with Crippen molar-refractivity contribution in [3.63, 3.8) is 0 Å². The standard InChI is InChI=1S/C24H26N4O6S/c25-20(29)13-7-12-19(22(31)24-28-27-23(34-24)18-10-5-2-6-11-18)26-21(30)14-15-35(32,33)16-17-8-3-1-4-9-17/h1-6,8-11,19H,7,12-16H2,(H2,25,29)(H,26,30). The second-order valence-electron chi connectivity index (χ2n) is 7.95. The van der Waals surface area contributed by atoms with Crippen molar-refractivity contribution in [1.82, 2.24) is 15.5 Å². The molecule has 184 valence electrons. The van der Waals surface area contributed by atoms with Crippen molar-refractivity contribution in [1.29, 1.82) is 0 Å². The van der Waals surface area contributed by atoms with Gasteiger partial charge < -0.3 is 15.5 Å². The highest BCUT2D eigenvalue weighted by atomic mass is 32.2. The van der Waals surface area contributed by atoms with Gasteiger partial charge in [0.05, 0.1) is 17.5 Å². The summed E-state index contributed by atoms with van der Waals surface area (Å²) in [6.45, 7) is 0. The Bertz CT molecular complexity index is 1260. The van der Waals surface area contributed by atoms with Crippen LogP contribution in [-0.4, -0.2) is 48.0 Å². The molecule has 1 atom stereocenters. The van der Waals surface area contributed by atoms with Crippen LogP contribution in [0.15, 0.2) is 65.1 Å². The maximum absolute atomic E-state index is 13.0. The fourth-order valence-electron chi connectivity index (χ4n) is 3.33. The maximum atomic E-state index is 13.0. The van der Waals surface area contributed by atoms with Crippen molar-refractivity contribution in [2.45, 2.75) is 37.5 Å². The molecule has 0 saturated heterocycles. The Morgan fingerprint density at radius 3 is 2.26 bits per heavy atom. The lowest BCUT2D eigenvalue weighted by Gasteiger charge is -2.16. The smallest absolute Gasteiger partial charge is 0.286 e. The Morgan fingerprint density at radius 1 is 0.943 bits per heavy atom. The monoisotopic (exact) mass is 498 g/mol. The number of hydrogen-bond acceptors (Lipinski definition) is 8. The first kappa shape index (κ1) is 25.8. The highest BCUT2D eigenvalue weighted by molar-refractivity contribution is 7.90. The van der Waals surface area contributed by atoms with Crippen LogP contribution >= 0.6 is 0 Å². The molecule has 35 heavy (non-hydrogen) atoms. The molecular formula is C24H26N4O6S. The van der Waals surface area contributed by atoms with Gasteiger partial charge in [-0.3, -0.25) is 14.4 Å². The Hall–Kier alpha value is -3.86. The van der Waals surface area contributed by atoms with E-state index in [0.717, 1.165) is 0 Å². The number of nitrogens with two attached hydrogens (primary N) is 1. The molecule has 0 bridgehead atoms. The molecule has 1 unspecified atom stereocenters. The van der Waals surface area contributed by atoms with Gasteiger partial charge in [-0.1, -0.05) is 48.5 Å². The number of carbonyl (C=O) groups excluding carboxylic acids is 3. The molecule has 0 fully saturated rings. The van der Waals surface area contributed by atoms with E-state index in [9.17, 15) is 22.8 Å².